The van der Waals surface area contributed by atoms with Crippen LogP contribution >= 0.6 is 0 Å². The molecule has 34 valence electrons. The number of thiocyanates is 1. The van der Waals surface area contributed by atoms with E-state index in [0.717, 1.165) is 0 Å². The molecule has 8 heavy (non-hydrogen) atoms. The number of nitrogens with zero attached hydrogens (tertiary/aromatic N) is 3. The summed E-state index contributed by atoms with van der Waals surface area (Å²) in [4.78, 5) is 0. The fraction of sp³-hybridized carbons (Fsp3) is 0. The molecular weight excluding hydrogens is 149 g/mol. The zero-order valence-corrected chi connectivity index (χ0v) is 8.19. The number of rotatable bonds is 0. The summed E-state index contributed by atoms with van der Waals surface area (Å²) in [6, 6.07) is 2.47. The molecule has 0 aliphatic rings. The quantitative estimate of drug-likeness (QED) is 0.210. The molecule has 0 aliphatic carbocycles. The standard InChI is InChI=1S/C2N2.CHNS.K/c3-1-2-4;2-1-3;/h;3H;/q;;+1/p-1. The maximum Gasteiger partial charge on any atom is 1.00 e. The molecule has 0 amide bonds. The summed E-state index contributed by atoms with van der Waals surface area (Å²) in [5.74, 6) is 0. The molecule has 0 saturated carbocycles. The van der Waals surface area contributed by atoms with Crippen molar-refractivity contribution in [2.75, 3.05) is 0 Å². The Hall–Kier alpha value is 0.326. The van der Waals surface area contributed by atoms with Crippen LogP contribution in [0.2, 0.25) is 0 Å². The van der Waals surface area contributed by atoms with E-state index in [1.54, 1.807) is 0 Å². The molecule has 0 spiro atoms. The minimum Gasteiger partial charge on any atom is -0.696 e. The van der Waals surface area contributed by atoms with Crippen LogP contribution in [-0.4, -0.2) is 0 Å². The molecule has 0 heterocycles. The predicted molar refractivity (Wildman–Crippen MR) is 24.2 cm³/mol. The van der Waals surface area contributed by atoms with Gasteiger partial charge < -0.3 is 12.6 Å². The third kappa shape index (κ3) is 102. The third-order valence-corrected chi connectivity index (χ3v) is 0.0500. The Labute approximate surface area is 95.7 Å². The van der Waals surface area contributed by atoms with Crippen LogP contribution < -0.4 is 51.4 Å². The van der Waals surface area contributed by atoms with Gasteiger partial charge in [-0.05, 0) is 0 Å². The number of hydrogen-bond acceptors (Lipinski definition) is 4. The van der Waals surface area contributed by atoms with Gasteiger partial charge in [0, 0.05) is 0 Å². The van der Waals surface area contributed by atoms with Gasteiger partial charge in [-0.15, -0.1) is 0 Å². The Morgan fingerprint density at radius 3 is 1.12 bits per heavy atom. The van der Waals surface area contributed by atoms with Gasteiger partial charge in [0.05, 0.1) is 0 Å². The van der Waals surface area contributed by atoms with E-state index >= 15 is 0 Å². The van der Waals surface area contributed by atoms with Gasteiger partial charge in [0.2, 0.25) is 0 Å². The maximum atomic E-state index is 7.26. The van der Waals surface area contributed by atoms with E-state index in [0.29, 0.717) is 0 Å². The fourth-order valence-corrected chi connectivity index (χ4v) is 0. The van der Waals surface area contributed by atoms with Crippen LogP contribution in [0.3, 0.4) is 0 Å². The summed E-state index contributed by atoms with van der Waals surface area (Å²) in [6.07, 6.45) is 0. The second-order valence-corrected chi connectivity index (χ2v) is 0.497. The first-order valence-corrected chi connectivity index (χ1v) is 1.53. The summed E-state index contributed by atoms with van der Waals surface area (Å²) in [6.45, 7) is 0. The zero-order valence-electron chi connectivity index (χ0n) is 4.25. The summed E-state index contributed by atoms with van der Waals surface area (Å²) in [5.41, 5.74) is 0. The Kier molecular flexibility index (Phi) is 52.2. The van der Waals surface area contributed by atoms with Gasteiger partial charge >= 0.3 is 51.4 Å². The van der Waals surface area contributed by atoms with Crippen molar-refractivity contribution >= 4 is 12.6 Å². The molecule has 0 aromatic heterocycles. The number of nitriles is 3. The van der Waals surface area contributed by atoms with Gasteiger partial charge in [-0.1, -0.05) is 5.40 Å². The van der Waals surface area contributed by atoms with Crippen LogP contribution in [0.1, 0.15) is 0 Å². The molecule has 3 nitrogen and oxygen atoms in total. The van der Waals surface area contributed by atoms with Crippen LogP contribution in [0.4, 0.5) is 0 Å². The van der Waals surface area contributed by atoms with Gasteiger partial charge in [-0.3, -0.25) is 0 Å². The smallest absolute Gasteiger partial charge is 0.696 e. The Balaban J connectivity index is -0.0000000575. The largest absolute Gasteiger partial charge is 1.00 e. The Bertz CT molecular complexity index is 124. The topological polar surface area (TPSA) is 71.4 Å². The SMILES string of the molecule is N#CC#N.N#C[S-].[K+]. The van der Waals surface area contributed by atoms with Crippen LogP contribution in [0.25, 0.3) is 0 Å². The average Bonchev–Trinajstić information content (AvgIpc) is 1.69. The van der Waals surface area contributed by atoms with E-state index in [4.69, 9.17) is 15.8 Å². The van der Waals surface area contributed by atoms with E-state index < -0.39 is 0 Å². The molecule has 0 fully saturated rings. The molecule has 0 rings (SSSR count). The second kappa shape index (κ2) is 26.5. The van der Waals surface area contributed by atoms with E-state index in [9.17, 15) is 0 Å². The van der Waals surface area contributed by atoms with Crippen molar-refractivity contribution in [3.63, 3.8) is 0 Å². The molecule has 5 heteroatoms. The molecule has 0 unspecified atom stereocenters. The predicted octanol–water partition coefficient (Wildman–Crippen LogP) is -2.95. The van der Waals surface area contributed by atoms with Gasteiger partial charge in [-0.2, -0.15) is 10.5 Å². The molecule has 0 N–H and O–H groups in total. The van der Waals surface area contributed by atoms with Crippen molar-refractivity contribution in [3.8, 4) is 17.5 Å². The van der Waals surface area contributed by atoms with Crippen molar-refractivity contribution in [3.05, 3.63) is 0 Å². The van der Waals surface area contributed by atoms with Crippen molar-refractivity contribution in [1.29, 1.82) is 15.8 Å². The third-order valence-electron chi connectivity index (χ3n) is 0.0500. The molecule has 0 radical (unpaired) electrons. The molecule has 0 aromatic rings. The average molecular weight is 149 g/mol. The molecule has 0 bridgehead atoms. The van der Waals surface area contributed by atoms with Crippen molar-refractivity contribution in [1.82, 2.24) is 0 Å². The van der Waals surface area contributed by atoms with Crippen molar-refractivity contribution < 1.29 is 51.4 Å². The summed E-state index contributed by atoms with van der Waals surface area (Å²) in [7, 11) is 0. The van der Waals surface area contributed by atoms with Crippen LogP contribution in [0, 0.1) is 33.3 Å². The van der Waals surface area contributed by atoms with E-state index in [1.807, 2.05) is 0 Å². The molecule has 0 aliphatic heterocycles. The molecule has 0 atom stereocenters. The van der Waals surface area contributed by atoms with Crippen LogP contribution in [0.15, 0.2) is 0 Å². The zero-order chi connectivity index (χ0) is 6.12. The summed E-state index contributed by atoms with van der Waals surface area (Å²) < 4.78 is 0. The number of hydrogen-bond donors (Lipinski definition) is 0. The van der Waals surface area contributed by atoms with Gasteiger partial charge in [0.1, 0.15) is 0 Å². The van der Waals surface area contributed by atoms with E-state index in [-0.39, 0.29) is 51.4 Å². The van der Waals surface area contributed by atoms with Gasteiger partial charge in [-0.25, -0.2) is 5.26 Å². The van der Waals surface area contributed by atoms with Crippen LogP contribution in [-0.2, 0) is 12.6 Å². The second-order valence-electron chi connectivity index (χ2n) is 0.315. The minimum atomic E-state index is 0. The monoisotopic (exact) mass is 149 g/mol. The van der Waals surface area contributed by atoms with Crippen molar-refractivity contribution in [2.24, 2.45) is 0 Å². The summed E-state index contributed by atoms with van der Waals surface area (Å²) >= 11 is 3.70. The van der Waals surface area contributed by atoms with E-state index in [2.05, 4.69) is 12.6 Å². The molecule has 0 saturated heterocycles. The van der Waals surface area contributed by atoms with Gasteiger partial charge in [0.25, 0.3) is 0 Å². The first kappa shape index (κ1) is 15.8. The van der Waals surface area contributed by atoms with Crippen molar-refractivity contribution in [2.45, 2.75) is 0 Å². The van der Waals surface area contributed by atoms with Crippen LogP contribution in [0.5, 0.6) is 0 Å². The Morgan fingerprint density at radius 2 is 1.12 bits per heavy atom. The minimum absolute atomic E-state index is 0. The van der Waals surface area contributed by atoms with Gasteiger partial charge in [0.15, 0.2) is 12.1 Å². The molecular formula is C3KN3S. The van der Waals surface area contributed by atoms with E-state index in [1.165, 1.54) is 17.5 Å². The molecule has 0 aromatic carbocycles. The normalized spacial score (nSPS) is 2.12. The summed E-state index contributed by atoms with van der Waals surface area (Å²) in [5, 5.41) is 23.0. The maximum absolute atomic E-state index is 7.26. The Morgan fingerprint density at radius 1 is 1.00 bits per heavy atom. The fourth-order valence-electron chi connectivity index (χ4n) is 0. The first-order chi connectivity index (χ1) is 3.33. The first-order valence-electron chi connectivity index (χ1n) is 1.12.